The number of carboxylic acid groups (broad SMARTS) is 2. The van der Waals surface area contributed by atoms with Crippen LogP contribution < -0.4 is 0 Å². The summed E-state index contributed by atoms with van der Waals surface area (Å²) in [4.78, 5) is 30.5. The highest BCUT2D eigenvalue weighted by Gasteiger charge is 2.38. The summed E-state index contributed by atoms with van der Waals surface area (Å²) in [5.74, 6) is -4.06. The number of ether oxygens (including phenoxy) is 1. The number of hydrogen-bond donors (Lipinski definition) is 2. The summed E-state index contributed by atoms with van der Waals surface area (Å²) in [5, 5.41) is 15.8. The van der Waals surface area contributed by atoms with Gasteiger partial charge in [0.2, 0.25) is 0 Å². The van der Waals surface area contributed by atoms with Crippen LogP contribution in [0.5, 0.6) is 0 Å². The van der Waals surface area contributed by atoms with E-state index < -0.39 is 24.2 Å². The minimum Gasteiger partial charge on any atom is -0.481 e. The largest absolute Gasteiger partial charge is 0.490 e. The minimum absolute atomic E-state index is 0.138. The van der Waals surface area contributed by atoms with Gasteiger partial charge in [0.25, 0.3) is 0 Å². The number of rotatable bonds is 6. The molecule has 10 heteroatoms. The molecular weight excluding hydrogens is 311 g/mol. The normalized spacial score (nSPS) is 12.7. The molecule has 0 aromatic heterocycles. The average Bonchev–Trinajstić information content (AvgIpc) is 2.24. The van der Waals surface area contributed by atoms with E-state index in [1.165, 1.54) is 0 Å². The summed E-state index contributed by atoms with van der Waals surface area (Å²) < 4.78 is 37.4. The van der Waals surface area contributed by atoms with E-state index in [-0.39, 0.29) is 18.8 Å². The van der Waals surface area contributed by atoms with Crippen molar-refractivity contribution >= 4 is 17.9 Å². The molecule has 0 aromatic carbocycles. The lowest BCUT2D eigenvalue weighted by molar-refractivity contribution is -0.873. The number of quaternary nitrogens is 1. The Bertz CT molecular complexity index is 389. The fourth-order valence-corrected chi connectivity index (χ4v) is 1.22. The Morgan fingerprint density at radius 2 is 1.55 bits per heavy atom. The van der Waals surface area contributed by atoms with E-state index in [0.717, 1.165) is 0 Å². The van der Waals surface area contributed by atoms with Gasteiger partial charge in [-0.1, -0.05) is 6.92 Å². The summed E-state index contributed by atoms with van der Waals surface area (Å²) in [6.07, 6.45) is -5.50. The lowest BCUT2D eigenvalue weighted by atomic mass is 10.2. The molecule has 0 radical (unpaired) electrons. The number of alkyl halides is 3. The molecule has 0 aliphatic rings. The summed E-state index contributed by atoms with van der Waals surface area (Å²) in [6.45, 7) is 2.18. The van der Waals surface area contributed by atoms with Crippen molar-refractivity contribution < 1.29 is 47.0 Å². The molecule has 7 nitrogen and oxygen atoms in total. The molecule has 0 rings (SSSR count). The van der Waals surface area contributed by atoms with E-state index in [1.54, 1.807) is 6.92 Å². The molecule has 0 aliphatic carbocycles. The molecule has 0 bridgehead atoms. The second-order valence-electron chi connectivity index (χ2n) is 5.34. The Labute approximate surface area is 125 Å². The van der Waals surface area contributed by atoms with Gasteiger partial charge in [0.15, 0.2) is 6.10 Å². The summed E-state index contributed by atoms with van der Waals surface area (Å²) in [7, 11) is 5.78. The van der Waals surface area contributed by atoms with Gasteiger partial charge >= 0.3 is 24.1 Å². The van der Waals surface area contributed by atoms with Crippen molar-refractivity contribution in [3.05, 3.63) is 0 Å². The zero-order chi connectivity index (χ0) is 18.1. The third-order valence-electron chi connectivity index (χ3n) is 1.98. The standard InChI is InChI=1S/C10H19NO4.C2HF3O2/c1-5-10(14)15-8(6-9(12)13)7-11(2,3)4;3-2(4,5)1(6)7/h8H,5-7H2,1-4H3;(H,6,7)/p+1/t8-;/m1./s1. The van der Waals surface area contributed by atoms with Crippen LogP contribution in [0.15, 0.2) is 0 Å². The van der Waals surface area contributed by atoms with Crippen LogP contribution in [0.4, 0.5) is 13.2 Å². The Kier molecular flexibility index (Phi) is 9.42. The van der Waals surface area contributed by atoms with Crippen LogP contribution in [0.2, 0.25) is 0 Å². The molecule has 2 N–H and O–H groups in total. The first-order valence-corrected chi connectivity index (χ1v) is 6.20. The van der Waals surface area contributed by atoms with E-state index in [9.17, 15) is 22.8 Å². The van der Waals surface area contributed by atoms with E-state index in [1.807, 2.05) is 21.1 Å². The quantitative estimate of drug-likeness (QED) is 0.558. The van der Waals surface area contributed by atoms with Crippen molar-refractivity contribution in [2.24, 2.45) is 0 Å². The van der Waals surface area contributed by atoms with Crippen molar-refractivity contribution in [1.29, 1.82) is 0 Å². The molecule has 0 aromatic rings. The second-order valence-corrected chi connectivity index (χ2v) is 5.34. The smallest absolute Gasteiger partial charge is 0.481 e. The monoisotopic (exact) mass is 332 g/mol. The van der Waals surface area contributed by atoms with Crippen LogP contribution in [0.3, 0.4) is 0 Å². The van der Waals surface area contributed by atoms with Gasteiger partial charge in [-0.25, -0.2) is 4.79 Å². The zero-order valence-corrected chi connectivity index (χ0v) is 12.8. The molecule has 1 atom stereocenters. The number of carbonyl (C=O) groups is 3. The van der Waals surface area contributed by atoms with Crippen molar-refractivity contribution in [2.45, 2.75) is 32.0 Å². The zero-order valence-electron chi connectivity index (χ0n) is 12.8. The number of aliphatic carboxylic acids is 2. The maximum Gasteiger partial charge on any atom is 0.490 e. The van der Waals surface area contributed by atoms with Crippen LogP contribution in [0, 0.1) is 0 Å². The highest BCUT2D eigenvalue weighted by atomic mass is 19.4. The van der Waals surface area contributed by atoms with Gasteiger partial charge in [0.05, 0.1) is 27.6 Å². The maximum atomic E-state index is 11.1. The Hall–Kier alpha value is -1.84. The van der Waals surface area contributed by atoms with Gasteiger partial charge in [-0.2, -0.15) is 13.2 Å². The molecule has 0 amide bonds. The van der Waals surface area contributed by atoms with Crippen LogP contribution in [-0.4, -0.2) is 72.6 Å². The maximum absolute atomic E-state index is 11.1. The number of carboxylic acids is 2. The van der Waals surface area contributed by atoms with Crippen molar-refractivity contribution in [2.75, 3.05) is 27.7 Å². The summed E-state index contributed by atoms with van der Waals surface area (Å²) in [5.41, 5.74) is 0. The van der Waals surface area contributed by atoms with Crippen molar-refractivity contribution in [1.82, 2.24) is 0 Å². The SMILES string of the molecule is CCC(=O)O[C@H](CC(=O)O)C[N+](C)(C)C.O=C(O)C(F)(F)F. The van der Waals surface area contributed by atoms with E-state index in [0.29, 0.717) is 11.0 Å². The third-order valence-corrected chi connectivity index (χ3v) is 1.98. The molecule has 0 saturated carbocycles. The predicted molar refractivity (Wildman–Crippen MR) is 69.0 cm³/mol. The Balaban J connectivity index is 0. The number of esters is 1. The molecule has 0 saturated heterocycles. The molecule has 0 heterocycles. The Morgan fingerprint density at radius 3 is 1.77 bits per heavy atom. The molecule has 22 heavy (non-hydrogen) atoms. The number of carbonyl (C=O) groups excluding carboxylic acids is 1. The third kappa shape index (κ3) is 14.6. The fraction of sp³-hybridized carbons (Fsp3) is 0.750. The van der Waals surface area contributed by atoms with Gasteiger partial charge < -0.3 is 19.4 Å². The van der Waals surface area contributed by atoms with Crippen molar-refractivity contribution in [3.8, 4) is 0 Å². The average molecular weight is 332 g/mol. The lowest BCUT2D eigenvalue weighted by Gasteiger charge is -2.28. The van der Waals surface area contributed by atoms with Crippen LogP contribution in [-0.2, 0) is 19.1 Å². The molecule has 0 fully saturated rings. The molecule has 0 aliphatic heterocycles. The molecular formula is C12H21F3NO6+. The van der Waals surface area contributed by atoms with E-state index in [2.05, 4.69) is 0 Å². The van der Waals surface area contributed by atoms with Crippen LogP contribution >= 0.6 is 0 Å². The first-order valence-electron chi connectivity index (χ1n) is 6.20. The first kappa shape index (κ1) is 22.4. The lowest BCUT2D eigenvalue weighted by Crippen LogP contribution is -2.43. The van der Waals surface area contributed by atoms with Gasteiger partial charge in [0, 0.05) is 6.42 Å². The Morgan fingerprint density at radius 1 is 1.14 bits per heavy atom. The highest BCUT2D eigenvalue weighted by molar-refractivity contribution is 5.73. The van der Waals surface area contributed by atoms with Gasteiger partial charge in [-0.3, -0.25) is 9.59 Å². The van der Waals surface area contributed by atoms with Crippen molar-refractivity contribution in [3.63, 3.8) is 0 Å². The van der Waals surface area contributed by atoms with Gasteiger partial charge in [0.1, 0.15) is 6.54 Å². The summed E-state index contributed by atoms with van der Waals surface area (Å²) >= 11 is 0. The predicted octanol–water partition coefficient (Wildman–Crippen LogP) is 1.12. The van der Waals surface area contributed by atoms with Gasteiger partial charge in [-0.05, 0) is 0 Å². The van der Waals surface area contributed by atoms with E-state index >= 15 is 0 Å². The second kappa shape index (κ2) is 9.23. The number of halogens is 3. The molecule has 0 unspecified atom stereocenters. The topological polar surface area (TPSA) is 101 Å². The van der Waals surface area contributed by atoms with Crippen LogP contribution in [0.25, 0.3) is 0 Å². The first-order chi connectivity index (χ1) is 9.69. The fourth-order valence-electron chi connectivity index (χ4n) is 1.22. The number of hydrogen-bond acceptors (Lipinski definition) is 4. The highest BCUT2D eigenvalue weighted by Crippen LogP contribution is 2.13. The van der Waals surface area contributed by atoms with E-state index in [4.69, 9.17) is 19.7 Å². The number of likely N-dealkylation sites (N-methyl/N-ethyl adjacent to an activating group) is 1. The van der Waals surface area contributed by atoms with Crippen LogP contribution in [0.1, 0.15) is 19.8 Å². The van der Waals surface area contributed by atoms with Gasteiger partial charge in [-0.15, -0.1) is 0 Å². The molecule has 0 spiro atoms. The summed E-state index contributed by atoms with van der Waals surface area (Å²) in [6, 6.07) is 0. The molecule has 130 valence electrons. The minimum atomic E-state index is -5.08. The number of nitrogens with zero attached hydrogens (tertiary/aromatic N) is 1.